The first-order valence-electron chi connectivity index (χ1n) is 21.3. The summed E-state index contributed by atoms with van der Waals surface area (Å²) in [6.07, 6.45) is 10.4. The number of carbonyl (C=O) groups is 2. The first kappa shape index (κ1) is 54.0. The van der Waals surface area contributed by atoms with E-state index in [-0.39, 0.29) is 31.5 Å². The number of aryl methyl sites for hydroxylation is 6. The molecule has 0 fully saturated rings. The number of nitrogens with zero attached hydrogens (tertiary/aromatic N) is 2. The predicted molar refractivity (Wildman–Crippen MR) is 241 cm³/mol. The van der Waals surface area contributed by atoms with Gasteiger partial charge in [-0.3, -0.25) is 9.98 Å². The number of benzene rings is 4. The van der Waals surface area contributed by atoms with Crippen LogP contribution in [0.15, 0.2) is 58.5 Å². The minimum atomic E-state index is -1.26. The van der Waals surface area contributed by atoms with E-state index in [1.807, 2.05) is 27.7 Å². The van der Waals surface area contributed by atoms with E-state index >= 15 is 0 Å². The van der Waals surface area contributed by atoms with Gasteiger partial charge >= 0.3 is 32.4 Å². The quantitative estimate of drug-likeness (QED) is 0.0595. The van der Waals surface area contributed by atoms with Crippen molar-refractivity contribution in [1.29, 1.82) is 0 Å². The van der Waals surface area contributed by atoms with Gasteiger partial charge in [0.05, 0.1) is 33.9 Å². The van der Waals surface area contributed by atoms with Crippen LogP contribution in [-0.2, 0) is 46.1 Å². The summed E-state index contributed by atoms with van der Waals surface area (Å²) in [7, 11) is 0. The molecular weight excluding hydrogens is 863 g/mol. The number of phenols is 2. The molecule has 10 nitrogen and oxygen atoms in total. The smallest absolute Gasteiger partial charge is 0.869 e. The van der Waals surface area contributed by atoms with E-state index in [0.717, 1.165) is 85.3 Å². The summed E-state index contributed by atoms with van der Waals surface area (Å²) in [4.78, 5) is 32.2. The monoisotopic (exact) mass is 928 g/mol. The summed E-state index contributed by atoms with van der Waals surface area (Å²) >= 11 is 0. The van der Waals surface area contributed by atoms with Crippen molar-refractivity contribution in [2.75, 3.05) is 0 Å². The largest absolute Gasteiger partial charge is 2.00 e. The van der Waals surface area contributed by atoms with Gasteiger partial charge in [0, 0.05) is 0 Å². The number of aromatic carboxylic acids is 2. The first-order chi connectivity index (χ1) is 28.5. The zero-order valence-corrected chi connectivity index (χ0v) is 39.3. The second-order valence-electron chi connectivity index (χ2n) is 15.3. The number of aromatic hydroxyl groups is 2. The van der Waals surface area contributed by atoms with Gasteiger partial charge in [0.2, 0.25) is 0 Å². The van der Waals surface area contributed by atoms with E-state index in [1.165, 1.54) is 34.4 Å². The molecule has 4 N–H and O–H groups in total. The van der Waals surface area contributed by atoms with Crippen molar-refractivity contribution in [2.24, 2.45) is 9.98 Å². The molecule has 0 radical (unpaired) electrons. The van der Waals surface area contributed by atoms with E-state index < -0.39 is 34.9 Å². The summed E-state index contributed by atoms with van der Waals surface area (Å²) in [6, 6.07) is 15.8. The molecule has 0 heterocycles. The number of unbranched alkanes of at least 4 members (excludes halogenated alkanes) is 2. The van der Waals surface area contributed by atoms with Crippen molar-refractivity contribution < 1.29 is 60.7 Å². The topological polar surface area (TPSA) is 186 Å². The predicted octanol–water partition coefficient (Wildman–Crippen LogP) is 11.5. The van der Waals surface area contributed by atoms with E-state index in [2.05, 4.69) is 77.9 Å². The molecule has 0 saturated heterocycles. The van der Waals surface area contributed by atoms with E-state index in [1.54, 1.807) is 0 Å². The van der Waals surface area contributed by atoms with Crippen LogP contribution < -0.4 is 10.2 Å². The maximum Gasteiger partial charge on any atom is 2.00 e. The van der Waals surface area contributed by atoms with Crippen molar-refractivity contribution in [2.45, 2.75) is 146 Å². The van der Waals surface area contributed by atoms with Gasteiger partial charge in [-0.15, -0.1) is 0 Å². The number of phenolic OH excluding ortho intramolecular Hbond substituents is 2. The number of carboxylic acids is 2. The molecule has 0 saturated carbocycles. The standard InChI is InChI=1S/C26H36N2.2C12H16O4.Pd/c1-7-9-11-25(27-23-15-19(3)13-20(4)16-23)26(12-10-8-2)28-24-17-21(5)14-22(6)18-24;2*1-3-5-8-7(4-2)6-9(13)11(14)10(8)12(15)16;/h13-18H,7-12H2,1-6H3;2*6,13-14H,3-5H2,1-2H3,(H,15,16);/q;;;+2/p-2. The Morgan fingerprint density at radius 2 is 0.836 bits per heavy atom. The molecule has 0 spiro atoms. The third-order valence-electron chi connectivity index (χ3n) is 9.92. The third-order valence-corrected chi connectivity index (χ3v) is 9.92. The fourth-order valence-corrected chi connectivity index (χ4v) is 7.20. The Kier molecular flexibility index (Phi) is 24.0. The van der Waals surface area contributed by atoms with Crippen LogP contribution in [0.1, 0.15) is 158 Å². The van der Waals surface area contributed by atoms with Crippen LogP contribution in [0.2, 0.25) is 0 Å². The molecule has 4 aromatic carbocycles. The van der Waals surface area contributed by atoms with Crippen LogP contribution in [-0.4, -0.2) is 43.8 Å². The van der Waals surface area contributed by atoms with Crippen molar-refractivity contribution in [3.05, 3.63) is 104 Å². The molecule has 11 heteroatoms. The molecule has 0 atom stereocenters. The van der Waals surface area contributed by atoms with Crippen molar-refractivity contribution in [1.82, 2.24) is 0 Å². The average molecular weight is 930 g/mol. The SMILES string of the molecule is CCCCC(=Nc1cc(C)cc(C)c1)C(CCCC)=Nc1cc(C)cc(C)c1.CCCc1c(CC)cc(O)c([O-])c1C(=O)O.CCCc1c(CC)cc(O)c([O-])c1C(=O)O.[Pd+2]. The number of carboxylic acid groups (broad SMARTS) is 2. The molecule has 4 aromatic rings. The second-order valence-corrected chi connectivity index (χ2v) is 15.3. The Hall–Kier alpha value is -4.98. The van der Waals surface area contributed by atoms with Crippen LogP contribution >= 0.6 is 0 Å². The normalized spacial score (nSPS) is 11.2. The minimum absolute atomic E-state index is 0. The van der Waals surface area contributed by atoms with Gasteiger partial charge in [-0.05, 0) is 160 Å². The average Bonchev–Trinajstić information content (AvgIpc) is 3.17. The van der Waals surface area contributed by atoms with Gasteiger partial charge in [-0.25, -0.2) is 9.59 Å². The van der Waals surface area contributed by atoms with Crippen LogP contribution in [0.4, 0.5) is 11.4 Å². The zero-order chi connectivity index (χ0) is 45.1. The summed E-state index contributed by atoms with van der Waals surface area (Å²) in [5.41, 5.74) is 11.5. The molecule has 0 aliphatic rings. The summed E-state index contributed by atoms with van der Waals surface area (Å²) in [5.74, 6) is -5.05. The zero-order valence-electron chi connectivity index (χ0n) is 37.7. The number of hydrogen-bond acceptors (Lipinski definition) is 8. The molecular formula is C50H66N2O8Pd. The van der Waals surface area contributed by atoms with Crippen molar-refractivity contribution >= 4 is 34.7 Å². The van der Waals surface area contributed by atoms with Gasteiger partial charge in [-0.1, -0.05) is 90.9 Å². The van der Waals surface area contributed by atoms with Gasteiger partial charge in [0.25, 0.3) is 0 Å². The Bertz CT molecular complexity index is 1950. The van der Waals surface area contributed by atoms with Crippen LogP contribution in [0.5, 0.6) is 23.0 Å². The van der Waals surface area contributed by atoms with Crippen molar-refractivity contribution in [3.8, 4) is 23.0 Å². The molecule has 0 aliphatic carbocycles. The van der Waals surface area contributed by atoms with E-state index in [4.69, 9.17) is 20.2 Å². The molecule has 334 valence electrons. The third kappa shape index (κ3) is 16.4. The molecule has 0 aliphatic heterocycles. The van der Waals surface area contributed by atoms with E-state index in [0.29, 0.717) is 36.8 Å². The van der Waals surface area contributed by atoms with Gasteiger partial charge in [0.15, 0.2) is 0 Å². The summed E-state index contributed by atoms with van der Waals surface area (Å²) in [5, 5.41) is 59.9. The first-order valence-corrected chi connectivity index (χ1v) is 21.3. The number of aliphatic imine (C=N–C) groups is 2. The van der Waals surface area contributed by atoms with Crippen LogP contribution in [0, 0.1) is 27.7 Å². The Morgan fingerprint density at radius 1 is 0.525 bits per heavy atom. The van der Waals surface area contributed by atoms with Crippen LogP contribution in [0.3, 0.4) is 0 Å². The number of hydrogen-bond donors (Lipinski definition) is 4. The fraction of sp³-hybridized carbons (Fsp3) is 0.440. The fourth-order valence-electron chi connectivity index (χ4n) is 7.20. The van der Waals surface area contributed by atoms with Gasteiger partial charge in [0.1, 0.15) is 11.5 Å². The molecule has 0 aromatic heterocycles. The van der Waals surface area contributed by atoms with Crippen molar-refractivity contribution in [3.63, 3.8) is 0 Å². The molecule has 61 heavy (non-hydrogen) atoms. The van der Waals surface area contributed by atoms with Gasteiger partial charge < -0.3 is 30.6 Å². The van der Waals surface area contributed by atoms with Gasteiger partial charge in [-0.2, -0.15) is 0 Å². The van der Waals surface area contributed by atoms with E-state index in [9.17, 15) is 30.0 Å². The molecule has 0 bridgehead atoms. The second kappa shape index (κ2) is 27.1. The number of rotatable bonds is 17. The molecule has 4 rings (SSSR count). The molecule has 0 amide bonds. The summed E-state index contributed by atoms with van der Waals surface area (Å²) < 4.78 is 0. The molecule has 0 unspecified atom stereocenters. The maximum atomic E-state index is 11.5. The Balaban J connectivity index is 0.000000485. The minimum Gasteiger partial charge on any atom is -0.869 e. The Labute approximate surface area is 377 Å². The maximum absolute atomic E-state index is 11.5. The summed E-state index contributed by atoms with van der Waals surface area (Å²) in [6.45, 7) is 20.6. The Morgan fingerprint density at radius 3 is 1.08 bits per heavy atom. The van der Waals surface area contributed by atoms with Crippen LogP contribution in [0.25, 0.3) is 0 Å².